The lowest BCUT2D eigenvalue weighted by molar-refractivity contribution is 0.00139. The fourth-order valence-corrected chi connectivity index (χ4v) is 7.16. The van der Waals surface area contributed by atoms with E-state index in [0.717, 1.165) is 5.56 Å². The fourth-order valence-electron chi connectivity index (χ4n) is 4.50. The number of anilines is 1. The molecule has 40 heavy (non-hydrogen) atoms. The first-order valence-electron chi connectivity index (χ1n) is 13.6. The monoisotopic (exact) mass is 588 g/mol. The number of aryl methyl sites for hydroxylation is 1. The zero-order chi connectivity index (χ0) is 29.2. The Balaban J connectivity index is 1.85. The molecule has 2 aromatic heterocycles. The zero-order valence-corrected chi connectivity index (χ0v) is 26.1. The van der Waals surface area contributed by atoms with Crippen molar-refractivity contribution in [1.29, 1.82) is 0 Å². The predicted octanol–water partition coefficient (Wildman–Crippen LogP) is 4.00. The minimum Gasteiger partial charge on any atom is -0.491 e. The van der Waals surface area contributed by atoms with Crippen molar-refractivity contribution in [1.82, 2.24) is 24.7 Å². The van der Waals surface area contributed by atoms with Crippen LogP contribution in [0, 0.1) is 6.92 Å². The summed E-state index contributed by atoms with van der Waals surface area (Å²) in [6.45, 7) is 13.8. The van der Waals surface area contributed by atoms with Crippen molar-refractivity contribution in [3.05, 3.63) is 48.0 Å². The second-order valence-electron chi connectivity index (χ2n) is 11.7. The van der Waals surface area contributed by atoms with Crippen LogP contribution in [0.1, 0.15) is 44.3 Å². The lowest BCUT2D eigenvalue weighted by Crippen LogP contribution is -2.45. The van der Waals surface area contributed by atoms with Gasteiger partial charge in [0.05, 0.1) is 24.3 Å². The van der Waals surface area contributed by atoms with E-state index >= 15 is 0 Å². The van der Waals surface area contributed by atoms with Gasteiger partial charge >= 0.3 is 0 Å². The van der Waals surface area contributed by atoms with Gasteiger partial charge in [-0.1, -0.05) is 31.8 Å². The molecule has 0 radical (unpaired) electrons. The molecule has 0 bridgehead atoms. The average Bonchev–Trinajstić information content (AvgIpc) is 3.24. The van der Waals surface area contributed by atoms with Crippen LogP contribution < -0.4 is 9.04 Å². The van der Waals surface area contributed by atoms with Gasteiger partial charge in [-0.25, -0.2) is 22.7 Å². The van der Waals surface area contributed by atoms with E-state index in [4.69, 9.17) is 9.47 Å². The Labute approximate surface area is 237 Å². The SMILES string of the molecule is Cc1cnc([C@H](OC(C)C)[C@H](C)S(=O)(=O)N(CC[Si](C)(C)C)c2nnc3n2[C@H](CO)COc2ccccc2-3)nc1. The van der Waals surface area contributed by atoms with Crippen LogP contribution in [0.2, 0.25) is 25.7 Å². The molecule has 0 spiro atoms. The van der Waals surface area contributed by atoms with Crippen molar-refractivity contribution in [2.45, 2.75) is 76.9 Å². The molecule has 1 aromatic carbocycles. The number of fused-ring (bicyclic) bond motifs is 3. The molecule has 0 saturated carbocycles. The zero-order valence-electron chi connectivity index (χ0n) is 24.3. The number of sulfonamides is 1. The molecule has 13 heteroatoms. The smallest absolute Gasteiger partial charge is 0.243 e. The number of aromatic nitrogens is 5. The number of aliphatic hydroxyl groups is 1. The maximum Gasteiger partial charge on any atom is 0.243 e. The first-order chi connectivity index (χ1) is 18.8. The van der Waals surface area contributed by atoms with Crippen LogP contribution in [0.5, 0.6) is 5.75 Å². The van der Waals surface area contributed by atoms with Gasteiger partial charge in [-0.2, -0.15) is 0 Å². The van der Waals surface area contributed by atoms with Gasteiger partial charge in [0.15, 0.2) is 11.6 Å². The molecule has 3 aromatic rings. The number of benzene rings is 1. The predicted molar refractivity (Wildman–Crippen MR) is 157 cm³/mol. The molecule has 0 saturated heterocycles. The third kappa shape index (κ3) is 6.37. The number of nitrogens with zero attached hydrogens (tertiary/aromatic N) is 6. The Morgan fingerprint density at radius 3 is 2.45 bits per heavy atom. The van der Waals surface area contributed by atoms with Crippen LogP contribution in [0.15, 0.2) is 36.7 Å². The highest BCUT2D eigenvalue weighted by molar-refractivity contribution is 7.93. The quantitative estimate of drug-likeness (QED) is 0.330. The molecule has 1 N–H and O–H groups in total. The number of rotatable bonds is 11. The molecule has 0 fully saturated rings. The van der Waals surface area contributed by atoms with Crippen LogP contribution in [0.25, 0.3) is 11.4 Å². The van der Waals surface area contributed by atoms with E-state index in [1.165, 1.54) is 4.31 Å². The molecule has 11 nitrogen and oxygen atoms in total. The third-order valence-corrected chi connectivity index (χ3v) is 10.6. The van der Waals surface area contributed by atoms with Crippen molar-refractivity contribution >= 4 is 24.0 Å². The number of hydrogen-bond acceptors (Lipinski definition) is 9. The first-order valence-corrected chi connectivity index (χ1v) is 18.8. The van der Waals surface area contributed by atoms with Crippen molar-refractivity contribution in [3.8, 4) is 17.1 Å². The molecule has 3 atom stereocenters. The van der Waals surface area contributed by atoms with Gasteiger partial charge in [0.2, 0.25) is 16.0 Å². The van der Waals surface area contributed by atoms with Gasteiger partial charge < -0.3 is 14.6 Å². The largest absolute Gasteiger partial charge is 0.491 e. The van der Waals surface area contributed by atoms with E-state index in [1.807, 2.05) is 45.0 Å². The van der Waals surface area contributed by atoms with Gasteiger partial charge in [-0.05, 0) is 51.4 Å². The van der Waals surface area contributed by atoms with Gasteiger partial charge in [-0.3, -0.25) is 4.57 Å². The highest BCUT2D eigenvalue weighted by Crippen LogP contribution is 2.38. The van der Waals surface area contributed by atoms with Gasteiger partial charge in [0.25, 0.3) is 0 Å². The van der Waals surface area contributed by atoms with Crippen molar-refractivity contribution < 1.29 is 23.0 Å². The van der Waals surface area contributed by atoms with Crippen LogP contribution in [-0.4, -0.2) is 77.4 Å². The van der Waals surface area contributed by atoms with E-state index in [2.05, 4.69) is 39.8 Å². The number of aliphatic hydroxyl groups excluding tert-OH is 1. The minimum atomic E-state index is -4.10. The molecule has 0 amide bonds. The molecule has 4 rings (SSSR count). The third-order valence-electron chi connectivity index (χ3n) is 6.78. The Hall–Kier alpha value is -2.87. The summed E-state index contributed by atoms with van der Waals surface area (Å²) >= 11 is 0. The Bertz CT molecular complexity index is 1410. The van der Waals surface area contributed by atoms with Crippen molar-refractivity contribution in [2.75, 3.05) is 24.1 Å². The minimum absolute atomic E-state index is 0.138. The fraction of sp³-hybridized carbons (Fsp3) is 0.556. The maximum absolute atomic E-state index is 14.6. The second-order valence-corrected chi connectivity index (χ2v) is 19.5. The van der Waals surface area contributed by atoms with E-state index in [0.29, 0.717) is 29.0 Å². The average molecular weight is 589 g/mol. The summed E-state index contributed by atoms with van der Waals surface area (Å²) in [5.74, 6) is 1.49. The summed E-state index contributed by atoms with van der Waals surface area (Å²) in [5.41, 5.74) is 1.55. The molecular formula is C27H40N6O5SSi. The normalized spacial score (nSPS) is 17.0. The first kappa shape index (κ1) is 30.1. The molecule has 0 unspecified atom stereocenters. The van der Waals surface area contributed by atoms with E-state index in [9.17, 15) is 13.5 Å². The van der Waals surface area contributed by atoms with Gasteiger partial charge in [0.1, 0.15) is 23.7 Å². The van der Waals surface area contributed by atoms with E-state index < -0.39 is 35.5 Å². The molecule has 3 heterocycles. The number of ether oxygens (including phenoxy) is 2. The van der Waals surface area contributed by atoms with E-state index in [-0.39, 0.29) is 31.8 Å². The summed E-state index contributed by atoms with van der Waals surface area (Å²) < 4.78 is 44.3. The van der Waals surface area contributed by atoms with Crippen molar-refractivity contribution in [2.24, 2.45) is 0 Å². The second kappa shape index (κ2) is 11.9. The topological polar surface area (TPSA) is 133 Å². The Kier molecular flexibility index (Phi) is 8.98. The van der Waals surface area contributed by atoms with Crippen LogP contribution in [0.4, 0.5) is 5.95 Å². The summed E-state index contributed by atoms with van der Waals surface area (Å²) in [7, 11) is -5.79. The number of hydrogen-bond donors (Lipinski definition) is 1. The van der Waals surface area contributed by atoms with Crippen LogP contribution >= 0.6 is 0 Å². The van der Waals surface area contributed by atoms with Crippen LogP contribution in [0.3, 0.4) is 0 Å². The highest BCUT2D eigenvalue weighted by atomic mass is 32.2. The Morgan fingerprint density at radius 2 is 1.82 bits per heavy atom. The van der Waals surface area contributed by atoms with Gasteiger partial charge in [-0.15, -0.1) is 10.2 Å². The summed E-state index contributed by atoms with van der Waals surface area (Å²) in [6.07, 6.45) is 2.13. The number of para-hydroxylation sites is 1. The molecule has 218 valence electrons. The summed E-state index contributed by atoms with van der Waals surface area (Å²) in [5, 5.41) is 18.1. The summed E-state index contributed by atoms with van der Waals surface area (Å²) in [6, 6.07) is 7.49. The highest BCUT2D eigenvalue weighted by Gasteiger charge is 2.42. The maximum atomic E-state index is 14.6. The Morgan fingerprint density at radius 1 is 1.15 bits per heavy atom. The van der Waals surface area contributed by atoms with E-state index in [1.54, 1.807) is 23.9 Å². The van der Waals surface area contributed by atoms with Crippen molar-refractivity contribution in [3.63, 3.8) is 0 Å². The lowest BCUT2D eigenvalue weighted by atomic mass is 10.2. The molecule has 0 aliphatic carbocycles. The lowest BCUT2D eigenvalue weighted by Gasteiger charge is -2.33. The molecule has 1 aliphatic heterocycles. The molecular weight excluding hydrogens is 548 g/mol. The molecule has 1 aliphatic rings. The summed E-state index contributed by atoms with van der Waals surface area (Å²) in [4.78, 5) is 8.82. The standard InChI is InChI=1S/C27H40N6O5SSi/c1-18(2)38-24(25-28-14-19(3)15-29-25)20(4)39(35,36)32(12-13-40(5,6)7)27-31-30-26-22-10-8-9-11-23(22)37-17-21(16-34)33(26)27/h8-11,14-15,18,20-21,24,34H,12-13,16-17H2,1-7H3/t20-,21+,24+/m0/s1. The van der Waals surface area contributed by atoms with Gasteiger partial charge in [0, 0.05) is 27.0 Å². The van der Waals surface area contributed by atoms with Crippen LogP contribution in [-0.2, 0) is 14.8 Å².